The molecule has 0 radical (unpaired) electrons. The number of hydrogen-bond acceptors (Lipinski definition) is 2. The van der Waals surface area contributed by atoms with Gasteiger partial charge in [0.25, 0.3) is 0 Å². The predicted molar refractivity (Wildman–Crippen MR) is 59.9 cm³/mol. The molecule has 0 aliphatic heterocycles. The van der Waals surface area contributed by atoms with Gasteiger partial charge in [-0.05, 0) is 18.4 Å². The maximum atomic E-state index is 11.2. The first-order valence-electron chi connectivity index (χ1n) is 5.65. The van der Waals surface area contributed by atoms with Crippen LogP contribution in [-0.2, 0) is 10.4 Å². The Morgan fingerprint density at radius 2 is 1.94 bits per heavy atom. The summed E-state index contributed by atoms with van der Waals surface area (Å²) >= 11 is 0. The van der Waals surface area contributed by atoms with Crippen molar-refractivity contribution >= 4 is 5.97 Å². The quantitative estimate of drug-likeness (QED) is 0.802. The molecule has 0 saturated heterocycles. The molecule has 0 heterocycles. The Hall–Kier alpha value is -1.35. The number of aliphatic carboxylic acids is 1. The van der Waals surface area contributed by atoms with Crippen LogP contribution in [-0.4, -0.2) is 16.2 Å². The van der Waals surface area contributed by atoms with Gasteiger partial charge in [0.1, 0.15) is 5.60 Å². The van der Waals surface area contributed by atoms with Crippen LogP contribution in [0, 0.1) is 5.92 Å². The normalized spacial score (nSPS) is 29.9. The number of rotatable bonds is 2. The lowest BCUT2D eigenvalue weighted by Crippen LogP contribution is -2.42. The summed E-state index contributed by atoms with van der Waals surface area (Å²) in [5, 5.41) is 19.8. The molecule has 1 aliphatic rings. The fraction of sp³-hybridized carbons (Fsp3) is 0.462. The van der Waals surface area contributed by atoms with Gasteiger partial charge in [0.05, 0.1) is 5.92 Å². The molecule has 2 rings (SSSR count). The van der Waals surface area contributed by atoms with Gasteiger partial charge in [0, 0.05) is 0 Å². The minimum atomic E-state index is -1.19. The lowest BCUT2D eigenvalue weighted by Gasteiger charge is -2.38. The predicted octanol–water partition coefficient (Wildman–Crippen LogP) is 2.15. The Kier molecular flexibility index (Phi) is 2.97. The first-order chi connectivity index (χ1) is 7.64. The minimum Gasteiger partial charge on any atom is -0.481 e. The van der Waals surface area contributed by atoms with Crippen molar-refractivity contribution < 1.29 is 15.0 Å². The highest BCUT2D eigenvalue weighted by Gasteiger charge is 2.44. The summed E-state index contributed by atoms with van der Waals surface area (Å²) in [7, 11) is 0. The monoisotopic (exact) mass is 220 g/mol. The molecule has 2 N–H and O–H groups in total. The fourth-order valence-electron chi connectivity index (χ4n) is 2.56. The molecule has 1 aromatic rings. The van der Waals surface area contributed by atoms with Crippen LogP contribution in [0.25, 0.3) is 0 Å². The van der Waals surface area contributed by atoms with E-state index in [9.17, 15) is 15.0 Å². The maximum absolute atomic E-state index is 11.2. The van der Waals surface area contributed by atoms with Crippen LogP contribution >= 0.6 is 0 Å². The van der Waals surface area contributed by atoms with Gasteiger partial charge in [-0.15, -0.1) is 0 Å². The van der Waals surface area contributed by atoms with Gasteiger partial charge in [0.2, 0.25) is 0 Å². The molecule has 0 spiro atoms. The molecule has 3 heteroatoms. The largest absolute Gasteiger partial charge is 0.481 e. The Morgan fingerprint density at radius 1 is 1.25 bits per heavy atom. The van der Waals surface area contributed by atoms with E-state index in [1.54, 1.807) is 12.1 Å². The Labute approximate surface area is 94.7 Å². The van der Waals surface area contributed by atoms with Gasteiger partial charge >= 0.3 is 5.97 Å². The van der Waals surface area contributed by atoms with Crippen molar-refractivity contribution in [2.45, 2.75) is 31.3 Å². The van der Waals surface area contributed by atoms with Crippen LogP contribution in [0.5, 0.6) is 0 Å². The molecular formula is C13H16O3. The Morgan fingerprint density at radius 3 is 2.56 bits per heavy atom. The highest BCUT2D eigenvalue weighted by molar-refractivity contribution is 5.72. The zero-order valence-electron chi connectivity index (χ0n) is 9.10. The average Bonchev–Trinajstić information content (AvgIpc) is 2.30. The highest BCUT2D eigenvalue weighted by atomic mass is 16.4. The van der Waals surface area contributed by atoms with Crippen molar-refractivity contribution in [3.05, 3.63) is 35.9 Å². The molecule has 86 valence electrons. The summed E-state index contributed by atoms with van der Waals surface area (Å²) in [6.07, 6.45) is 2.86. The summed E-state index contributed by atoms with van der Waals surface area (Å²) in [5.41, 5.74) is -0.465. The molecule has 2 atom stereocenters. The van der Waals surface area contributed by atoms with E-state index in [-0.39, 0.29) is 0 Å². The first-order valence-corrected chi connectivity index (χ1v) is 5.65. The van der Waals surface area contributed by atoms with E-state index in [1.807, 2.05) is 18.2 Å². The molecule has 2 unspecified atom stereocenters. The molecule has 3 nitrogen and oxygen atoms in total. The average molecular weight is 220 g/mol. The topological polar surface area (TPSA) is 57.5 Å². The van der Waals surface area contributed by atoms with Crippen molar-refractivity contribution in [3.63, 3.8) is 0 Å². The van der Waals surface area contributed by atoms with E-state index in [2.05, 4.69) is 0 Å². The second-order valence-electron chi connectivity index (χ2n) is 4.43. The second kappa shape index (κ2) is 4.26. The standard InChI is InChI=1S/C13H16O3/c14-12(15)11-8-4-5-9-13(11,16)10-6-2-1-3-7-10/h1-3,6-7,11,16H,4-5,8-9H2,(H,14,15). The third kappa shape index (κ3) is 1.83. The van der Waals surface area contributed by atoms with Crippen LogP contribution in [0.1, 0.15) is 31.2 Å². The Balaban J connectivity index is 2.37. The molecular weight excluding hydrogens is 204 g/mol. The molecule has 1 aromatic carbocycles. The Bertz CT molecular complexity index is 374. The van der Waals surface area contributed by atoms with Crippen LogP contribution in [0.4, 0.5) is 0 Å². The number of benzene rings is 1. The zero-order valence-corrected chi connectivity index (χ0v) is 9.10. The molecule has 1 aliphatic carbocycles. The van der Waals surface area contributed by atoms with E-state index < -0.39 is 17.5 Å². The fourth-order valence-corrected chi connectivity index (χ4v) is 2.56. The van der Waals surface area contributed by atoms with Crippen molar-refractivity contribution in [2.75, 3.05) is 0 Å². The van der Waals surface area contributed by atoms with E-state index in [0.717, 1.165) is 18.4 Å². The van der Waals surface area contributed by atoms with E-state index in [0.29, 0.717) is 12.8 Å². The number of carbonyl (C=O) groups is 1. The second-order valence-corrected chi connectivity index (χ2v) is 4.43. The van der Waals surface area contributed by atoms with Gasteiger partial charge in [-0.2, -0.15) is 0 Å². The van der Waals surface area contributed by atoms with Gasteiger partial charge < -0.3 is 10.2 Å². The van der Waals surface area contributed by atoms with Crippen LogP contribution in [0.2, 0.25) is 0 Å². The van der Waals surface area contributed by atoms with Crippen molar-refractivity contribution in [3.8, 4) is 0 Å². The first kappa shape index (κ1) is 11.1. The van der Waals surface area contributed by atoms with Crippen molar-refractivity contribution in [1.82, 2.24) is 0 Å². The SMILES string of the molecule is O=C(O)C1CCCCC1(O)c1ccccc1. The molecule has 1 saturated carbocycles. The van der Waals surface area contributed by atoms with E-state index in [4.69, 9.17) is 0 Å². The van der Waals surface area contributed by atoms with Crippen LogP contribution < -0.4 is 0 Å². The number of carboxylic acids is 1. The van der Waals surface area contributed by atoms with Crippen molar-refractivity contribution in [1.29, 1.82) is 0 Å². The lowest BCUT2D eigenvalue weighted by atomic mass is 9.71. The third-order valence-corrected chi connectivity index (χ3v) is 3.45. The summed E-state index contributed by atoms with van der Waals surface area (Å²) < 4.78 is 0. The van der Waals surface area contributed by atoms with Gasteiger partial charge in [-0.3, -0.25) is 4.79 Å². The number of hydrogen-bond donors (Lipinski definition) is 2. The highest BCUT2D eigenvalue weighted by Crippen LogP contribution is 2.41. The molecule has 16 heavy (non-hydrogen) atoms. The van der Waals surface area contributed by atoms with Crippen LogP contribution in [0.15, 0.2) is 30.3 Å². The molecule has 0 amide bonds. The number of carboxylic acid groups (broad SMARTS) is 1. The van der Waals surface area contributed by atoms with Gasteiger partial charge in [-0.1, -0.05) is 43.2 Å². The number of aliphatic hydroxyl groups is 1. The van der Waals surface area contributed by atoms with Gasteiger partial charge in [-0.25, -0.2) is 0 Å². The van der Waals surface area contributed by atoms with Crippen LogP contribution in [0.3, 0.4) is 0 Å². The third-order valence-electron chi connectivity index (χ3n) is 3.45. The summed E-state index contributed by atoms with van der Waals surface area (Å²) in [6, 6.07) is 9.15. The lowest BCUT2D eigenvalue weighted by molar-refractivity contribution is -0.157. The van der Waals surface area contributed by atoms with E-state index in [1.165, 1.54) is 0 Å². The summed E-state index contributed by atoms with van der Waals surface area (Å²) in [6.45, 7) is 0. The maximum Gasteiger partial charge on any atom is 0.309 e. The summed E-state index contributed by atoms with van der Waals surface area (Å²) in [5.74, 6) is -1.57. The van der Waals surface area contributed by atoms with E-state index >= 15 is 0 Å². The molecule has 0 bridgehead atoms. The zero-order chi connectivity index (χ0) is 11.6. The van der Waals surface area contributed by atoms with Crippen molar-refractivity contribution in [2.24, 2.45) is 5.92 Å². The smallest absolute Gasteiger partial charge is 0.309 e. The molecule has 0 aromatic heterocycles. The van der Waals surface area contributed by atoms with Gasteiger partial charge in [0.15, 0.2) is 0 Å². The minimum absolute atomic E-state index is 0.536. The molecule has 1 fully saturated rings. The summed E-state index contributed by atoms with van der Waals surface area (Å²) in [4.78, 5) is 11.2.